The van der Waals surface area contributed by atoms with Gasteiger partial charge in [-0.3, -0.25) is 4.79 Å². The van der Waals surface area contributed by atoms with E-state index in [1.54, 1.807) is 14.0 Å². The SMILES string of the molecule is COc1ccc([C@@H]2CCCCN2C(C)=O)cc1. The Morgan fingerprint density at radius 2 is 2.00 bits per heavy atom. The zero-order valence-corrected chi connectivity index (χ0v) is 10.5. The Morgan fingerprint density at radius 3 is 2.59 bits per heavy atom. The summed E-state index contributed by atoms with van der Waals surface area (Å²) in [5.41, 5.74) is 1.21. The highest BCUT2D eigenvalue weighted by molar-refractivity contribution is 5.74. The second-order valence-corrected chi connectivity index (χ2v) is 4.50. The Labute approximate surface area is 102 Å². The largest absolute Gasteiger partial charge is 0.497 e. The van der Waals surface area contributed by atoms with Crippen molar-refractivity contribution in [2.24, 2.45) is 0 Å². The zero-order valence-electron chi connectivity index (χ0n) is 10.5. The quantitative estimate of drug-likeness (QED) is 0.786. The van der Waals surface area contributed by atoms with Crippen LogP contribution in [0.3, 0.4) is 0 Å². The number of ether oxygens (including phenoxy) is 1. The van der Waals surface area contributed by atoms with Crippen molar-refractivity contribution in [2.75, 3.05) is 13.7 Å². The fourth-order valence-corrected chi connectivity index (χ4v) is 2.48. The molecule has 0 spiro atoms. The molecule has 0 aliphatic carbocycles. The van der Waals surface area contributed by atoms with E-state index in [1.807, 2.05) is 17.0 Å². The predicted molar refractivity (Wildman–Crippen MR) is 67.0 cm³/mol. The van der Waals surface area contributed by atoms with E-state index in [4.69, 9.17) is 4.74 Å². The number of nitrogens with zero attached hydrogens (tertiary/aromatic N) is 1. The van der Waals surface area contributed by atoms with E-state index in [-0.39, 0.29) is 11.9 Å². The third-order valence-corrected chi connectivity index (χ3v) is 3.41. The van der Waals surface area contributed by atoms with Crippen LogP contribution in [0.25, 0.3) is 0 Å². The Bertz CT molecular complexity index is 386. The molecule has 0 radical (unpaired) electrons. The average Bonchev–Trinajstić information content (AvgIpc) is 2.39. The number of amides is 1. The van der Waals surface area contributed by atoms with E-state index < -0.39 is 0 Å². The number of carbonyl (C=O) groups excluding carboxylic acids is 1. The Hall–Kier alpha value is -1.51. The maximum absolute atomic E-state index is 11.6. The number of methoxy groups -OCH3 is 1. The van der Waals surface area contributed by atoms with Crippen LogP contribution >= 0.6 is 0 Å². The summed E-state index contributed by atoms with van der Waals surface area (Å²) in [6, 6.07) is 8.28. The highest BCUT2D eigenvalue weighted by Crippen LogP contribution is 2.31. The van der Waals surface area contributed by atoms with Crippen LogP contribution in [0.5, 0.6) is 5.75 Å². The second kappa shape index (κ2) is 5.21. The van der Waals surface area contributed by atoms with Gasteiger partial charge in [0, 0.05) is 13.5 Å². The van der Waals surface area contributed by atoms with Crippen molar-refractivity contribution in [2.45, 2.75) is 32.2 Å². The van der Waals surface area contributed by atoms with Crippen molar-refractivity contribution in [3.8, 4) is 5.75 Å². The minimum atomic E-state index is 0.172. The van der Waals surface area contributed by atoms with Crippen molar-refractivity contribution >= 4 is 5.91 Å². The molecule has 1 fully saturated rings. The maximum atomic E-state index is 11.6. The van der Waals surface area contributed by atoms with Gasteiger partial charge in [0.25, 0.3) is 0 Å². The molecular formula is C14H19NO2. The Balaban J connectivity index is 2.20. The summed E-state index contributed by atoms with van der Waals surface area (Å²) in [6.45, 7) is 2.54. The van der Waals surface area contributed by atoms with Crippen molar-refractivity contribution in [1.29, 1.82) is 0 Å². The van der Waals surface area contributed by atoms with E-state index in [2.05, 4.69) is 12.1 Å². The number of piperidine rings is 1. The molecule has 0 N–H and O–H groups in total. The Kier molecular flexibility index (Phi) is 3.67. The smallest absolute Gasteiger partial charge is 0.219 e. The van der Waals surface area contributed by atoms with Gasteiger partial charge in [-0.2, -0.15) is 0 Å². The molecule has 17 heavy (non-hydrogen) atoms. The molecule has 1 amide bonds. The number of hydrogen-bond acceptors (Lipinski definition) is 2. The molecule has 1 aliphatic rings. The first-order chi connectivity index (χ1) is 8.22. The molecule has 1 heterocycles. The fraction of sp³-hybridized carbons (Fsp3) is 0.500. The average molecular weight is 233 g/mol. The molecule has 1 saturated heterocycles. The van der Waals surface area contributed by atoms with Crippen LogP contribution in [0, 0.1) is 0 Å². The minimum Gasteiger partial charge on any atom is -0.497 e. The van der Waals surface area contributed by atoms with Gasteiger partial charge in [-0.05, 0) is 37.0 Å². The summed E-state index contributed by atoms with van der Waals surface area (Å²) in [6.07, 6.45) is 3.37. The molecule has 0 saturated carbocycles. The summed E-state index contributed by atoms with van der Waals surface area (Å²) in [5, 5.41) is 0. The van der Waals surface area contributed by atoms with Crippen molar-refractivity contribution in [1.82, 2.24) is 4.90 Å². The summed E-state index contributed by atoms with van der Waals surface area (Å²) >= 11 is 0. The van der Waals surface area contributed by atoms with Gasteiger partial charge in [0.1, 0.15) is 5.75 Å². The lowest BCUT2D eigenvalue weighted by molar-refractivity contribution is -0.132. The standard InChI is InChI=1S/C14H19NO2/c1-11(16)15-10-4-3-5-14(15)12-6-8-13(17-2)9-7-12/h6-9,14H,3-5,10H2,1-2H3/t14-/m0/s1. The molecule has 1 aromatic carbocycles. The summed E-state index contributed by atoms with van der Waals surface area (Å²) in [4.78, 5) is 13.6. The zero-order chi connectivity index (χ0) is 12.3. The van der Waals surface area contributed by atoms with Crippen molar-refractivity contribution < 1.29 is 9.53 Å². The molecule has 1 aromatic rings. The van der Waals surface area contributed by atoms with Gasteiger partial charge >= 0.3 is 0 Å². The lowest BCUT2D eigenvalue weighted by Gasteiger charge is -2.35. The predicted octanol–water partition coefficient (Wildman–Crippen LogP) is 2.77. The van der Waals surface area contributed by atoms with Gasteiger partial charge in [0.2, 0.25) is 5.91 Å². The number of hydrogen-bond donors (Lipinski definition) is 0. The molecule has 3 nitrogen and oxygen atoms in total. The number of carbonyl (C=O) groups is 1. The molecule has 1 atom stereocenters. The van der Waals surface area contributed by atoms with E-state index in [0.29, 0.717) is 0 Å². The summed E-state index contributed by atoms with van der Waals surface area (Å²) < 4.78 is 5.15. The fourth-order valence-electron chi connectivity index (χ4n) is 2.48. The lowest BCUT2D eigenvalue weighted by atomic mass is 9.95. The topological polar surface area (TPSA) is 29.5 Å². The van der Waals surface area contributed by atoms with Gasteiger partial charge in [0.05, 0.1) is 13.2 Å². The highest BCUT2D eigenvalue weighted by atomic mass is 16.5. The van der Waals surface area contributed by atoms with Gasteiger partial charge in [-0.15, -0.1) is 0 Å². The molecule has 0 aromatic heterocycles. The van der Waals surface area contributed by atoms with E-state index in [1.165, 1.54) is 12.0 Å². The molecule has 2 rings (SSSR count). The third-order valence-electron chi connectivity index (χ3n) is 3.41. The Morgan fingerprint density at radius 1 is 1.29 bits per heavy atom. The van der Waals surface area contributed by atoms with Crippen LogP contribution in [-0.4, -0.2) is 24.5 Å². The molecular weight excluding hydrogens is 214 g/mol. The van der Waals surface area contributed by atoms with E-state index in [9.17, 15) is 4.79 Å². The molecule has 92 valence electrons. The lowest BCUT2D eigenvalue weighted by Crippen LogP contribution is -2.36. The van der Waals surface area contributed by atoms with Gasteiger partial charge in [-0.1, -0.05) is 12.1 Å². The first-order valence-electron chi connectivity index (χ1n) is 6.13. The minimum absolute atomic E-state index is 0.172. The van der Waals surface area contributed by atoms with Gasteiger partial charge in [0.15, 0.2) is 0 Å². The number of likely N-dealkylation sites (tertiary alicyclic amines) is 1. The summed E-state index contributed by atoms with van der Waals surface area (Å²) in [5.74, 6) is 1.03. The highest BCUT2D eigenvalue weighted by Gasteiger charge is 2.25. The first kappa shape index (κ1) is 12.0. The molecule has 1 aliphatic heterocycles. The van der Waals surface area contributed by atoms with Crippen LogP contribution in [0.15, 0.2) is 24.3 Å². The van der Waals surface area contributed by atoms with E-state index >= 15 is 0 Å². The number of rotatable bonds is 2. The van der Waals surface area contributed by atoms with Crippen molar-refractivity contribution in [3.63, 3.8) is 0 Å². The van der Waals surface area contributed by atoms with Crippen LogP contribution in [0.1, 0.15) is 37.8 Å². The van der Waals surface area contributed by atoms with Crippen LogP contribution in [0.4, 0.5) is 0 Å². The molecule has 0 unspecified atom stereocenters. The maximum Gasteiger partial charge on any atom is 0.219 e. The van der Waals surface area contributed by atoms with Crippen LogP contribution in [-0.2, 0) is 4.79 Å². The van der Waals surface area contributed by atoms with Crippen LogP contribution < -0.4 is 4.74 Å². The summed E-state index contributed by atoms with van der Waals surface area (Å²) in [7, 11) is 1.66. The number of benzene rings is 1. The monoisotopic (exact) mass is 233 g/mol. The third kappa shape index (κ3) is 2.60. The van der Waals surface area contributed by atoms with Crippen molar-refractivity contribution in [3.05, 3.63) is 29.8 Å². The van der Waals surface area contributed by atoms with Crippen LogP contribution in [0.2, 0.25) is 0 Å². The van der Waals surface area contributed by atoms with E-state index in [0.717, 1.165) is 25.1 Å². The van der Waals surface area contributed by atoms with Gasteiger partial charge < -0.3 is 9.64 Å². The molecule has 0 bridgehead atoms. The van der Waals surface area contributed by atoms with Gasteiger partial charge in [-0.25, -0.2) is 0 Å². The first-order valence-corrected chi connectivity index (χ1v) is 6.13. The molecule has 3 heteroatoms. The normalized spacial score (nSPS) is 20.1. The second-order valence-electron chi connectivity index (χ2n) is 4.50.